The first kappa shape index (κ1) is 13.5. The van der Waals surface area contributed by atoms with Gasteiger partial charge in [-0.05, 0) is 12.5 Å². The van der Waals surface area contributed by atoms with E-state index in [1.54, 1.807) is 23.9 Å². The molecule has 0 aromatic heterocycles. The molecule has 16 heavy (non-hydrogen) atoms. The fourth-order valence-electron chi connectivity index (χ4n) is 1.47. The van der Waals surface area contributed by atoms with E-state index < -0.39 is 11.6 Å². The third kappa shape index (κ3) is 4.12. The number of hydrogen-bond donors (Lipinski definition) is 0. The Morgan fingerprint density at radius 2 is 2.06 bits per heavy atom. The lowest BCUT2D eigenvalue weighted by atomic mass is 10.2. The van der Waals surface area contributed by atoms with Gasteiger partial charge in [0, 0.05) is 16.6 Å². The molecule has 0 heterocycles. The summed E-state index contributed by atoms with van der Waals surface area (Å²) in [5.74, 6) is -0.897. The molecule has 3 heteroatoms. The molecule has 90 valence electrons. The summed E-state index contributed by atoms with van der Waals surface area (Å²) in [4.78, 5) is 0. The van der Waals surface area contributed by atoms with Crippen molar-refractivity contribution < 1.29 is 8.78 Å². The summed E-state index contributed by atoms with van der Waals surface area (Å²) in [6, 6.07) is 4.37. The molecule has 0 fully saturated rings. The number of hydrogen-bond acceptors (Lipinski definition) is 1. The molecule has 1 atom stereocenters. The van der Waals surface area contributed by atoms with Crippen LogP contribution in [0.3, 0.4) is 0 Å². The quantitative estimate of drug-likeness (QED) is 0.694. The van der Waals surface area contributed by atoms with E-state index in [2.05, 4.69) is 13.8 Å². The van der Waals surface area contributed by atoms with E-state index in [-0.39, 0.29) is 0 Å². The minimum Gasteiger partial charge on any atom is -0.204 e. The van der Waals surface area contributed by atoms with Crippen molar-refractivity contribution in [2.75, 3.05) is 0 Å². The topological polar surface area (TPSA) is 0 Å². The SMILES string of the molecule is CCCCC(C)SCc1cccc(F)c1F. The summed E-state index contributed by atoms with van der Waals surface area (Å²) < 4.78 is 26.2. The Bertz CT molecular complexity index is 326. The van der Waals surface area contributed by atoms with Gasteiger partial charge in [0.2, 0.25) is 0 Å². The Balaban J connectivity index is 2.45. The molecule has 0 amide bonds. The summed E-state index contributed by atoms with van der Waals surface area (Å²) >= 11 is 1.69. The number of halogens is 2. The van der Waals surface area contributed by atoms with Gasteiger partial charge in [-0.2, -0.15) is 11.8 Å². The van der Waals surface area contributed by atoms with Crippen LogP contribution in [-0.2, 0) is 5.75 Å². The Morgan fingerprint density at radius 3 is 2.75 bits per heavy atom. The van der Waals surface area contributed by atoms with Gasteiger partial charge >= 0.3 is 0 Å². The number of benzene rings is 1. The van der Waals surface area contributed by atoms with Crippen LogP contribution in [0.4, 0.5) is 8.78 Å². The van der Waals surface area contributed by atoms with Crippen molar-refractivity contribution >= 4 is 11.8 Å². The molecule has 0 aliphatic carbocycles. The zero-order chi connectivity index (χ0) is 12.0. The minimum atomic E-state index is -0.751. The van der Waals surface area contributed by atoms with Crippen molar-refractivity contribution in [2.45, 2.75) is 44.1 Å². The first-order valence-corrected chi connectivity index (χ1v) is 6.74. The van der Waals surface area contributed by atoms with Crippen LogP contribution in [0.5, 0.6) is 0 Å². The summed E-state index contributed by atoms with van der Waals surface area (Å²) in [6.45, 7) is 4.29. The van der Waals surface area contributed by atoms with E-state index in [1.165, 1.54) is 12.8 Å². The van der Waals surface area contributed by atoms with Gasteiger partial charge in [-0.25, -0.2) is 8.78 Å². The highest BCUT2D eigenvalue weighted by Crippen LogP contribution is 2.23. The average molecular weight is 244 g/mol. The van der Waals surface area contributed by atoms with Crippen LogP contribution in [0.1, 0.15) is 38.7 Å². The monoisotopic (exact) mass is 244 g/mol. The molecule has 0 aliphatic heterocycles. The lowest BCUT2D eigenvalue weighted by molar-refractivity contribution is 0.502. The molecule has 0 N–H and O–H groups in total. The third-order valence-electron chi connectivity index (χ3n) is 2.52. The smallest absolute Gasteiger partial charge is 0.162 e. The molecule has 0 radical (unpaired) electrons. The maximum atomic E-state index is 13.3. The minimum absolute atomic E-state index is 0.466. The van der Waals surface area contributed by atoms with Crippen molar-refractivity contribution in [2.24, 2.45) is 0 Å². The predicted molar refractivity (Wildman–Crippen MR) is 66.6 cm³/mol. The largest absolute Gasteiger partial charge is 0.204 e. The van der Waals surface area contributed by atoms with E-state index in [1.807, 2.05) is 0 Å². The Morgan fingerprint density at radius 1 is 1.31 bits per heavy atom. The summed E-state index contributed by atoms with van der Waals surface area (Å²) in [7, 11) is 0. The zero-order valence-electron chi connectivity index (χ0n) is 9.80. The van der Waals surface area contributed by atoms with Crippen LogP contribution in [0.15, 0.2) is 18.2 Å². The molecule has 0 bridgehead atoms. The van der Waals surface area contributed by atoms with Crippen LogP contribution in [-0.4, -0.2) is 5.25 Å². The van der Waals surface area contributed by atoms with Crippen molar-refractivity contribution in [3.8, 4) is 0 Å². The molecule has 1 rings (SSSR count). The second kappa shape index (κ2) is 6.89. The molecule has 0 aliphatic rings. The van der Waals surface area contributed by atoms with Gasteiger partial charge in [0.05, 0.1) is 0 Å². The standard InChI is InChI=1S/C13H18F2S/c1-3-4-6-10(2)16-9-11-7-5-8-12(14)13(11)15/h5,7-8,10H,3-4,6,9H2,1-2H3. The van der Waals surface area contributed by atoms with Gasteiger partial charge in [0.25, 0.3) is 0 Å². The summed E-state index contributed by atoms with van der Waals surface area (Å²) in [6.07, 6.45) is 3.51. The molecule has 1 unspecified atom stereocenters. The van der Waals surface area contributed by atoms with Gasteiger partial charge < -0.3 is 0 Å². The van der Waals surface area contributed by atoms with E-state index in [0.29, 0.717) is 16.6 Å². The molecule has 0 nitrogen and oxygen atoms in total. The normalized spacial score (nSPS) is 12.8. The van der Waals surface area contributed by atoms with E-state index in [0.717, 1.165) is 12.5 Å². The van der Waals surface area contributed by atoms with E-state index >= 15 is 0 Å². The summed E-state index contributed by atoms with van der Waals surface area (Å²) in [5, 5.41) is 0.502. The second-order valence-corrected chi connectivity index (χ2v) is 5.40. The van der Waals surface area contributed by atoms with Gasteiger partial charge in [-0.15, -0.1) is 0 Å². The van der Waals surface area contributed by atoms with Crippen LogP contribution in [0.2, 0.25) is 0 Å². The summed E-state index contributed by atoms with van der Waals surface area (Å²) in [5.41, 5.74) is 0.466. The van der Waals surface area contributed by atoms with Crippen LogP contribution in [0.25, 0.3) is 0 Å². The van der Waals surface area contributed by atoms with Gasteiger partial charge in [-0.3, -0.25) is 0 Å². The molecule has 1 aromatic carbocycles. The van der Waals surface area contributed by atoms with E-state index in [9.17, 15) is 8.78 Å². The maximum absolute atomic E-state index is 13.3. The lowest BCUT2D eigenvalue weighted by Crippen LogP contribution is -1.98. The highest BCUT2D eigenvalue weighted by atomic mass is 32.2. The van der Waals surface area contributed by atoms with Crippen LogP contribution < -0.4 is 0 Å². The van der Waals surface area contributed by atoms with Crippen molar-refractivity contribution in [3.05, 3.63) is 35.4 Å². The first-order chi connectivity index (χ1) is 7.65. The first-order valence-electron chi connectivity index (χ1n) is 5.69. The van der Waals surface area contributed by atoms with Crippen molar-refractivity contribution in [1.29, 1.82) is 0 Å². The third-order valence-corrected chi connectivity index (χ3v) is 3.80. The Labute approximate surface area is 100 Å². The van der Waals surface area contributed by atoms with Crippen molar-refractivity contribution in [3.63, 3.8) is 0 Å². The fraction of sp³-hybridized carbons (Fsp3) is 0.538. The van der Waals surface area contributed by atoms with Gasteiger partial charge in [-0.1, -0.05) is 38.8 Å². The molecule has 1 aromatic rings. The number of rotatable bonds is 6. The van der Waals surface area contributed by atoms with Crippen LogP contribution in [0, 0.1) is 11.6 Å². The highest BCUT2D eigenvalue weighted by Gasteiger charge is 2.09. The van der Waals surface area contributed by atoms with Gasteiger partial charge in [0.15, 0.2) is 11.6 Å². The fourth-order valence-corrected chi connectivity index (χ4v) is 2.49. The Kier molecular flexibility index (Phi) is 5.81. The zero-order valence-corrected chi connectivity index (χ0v) is 10.6. The molecule has 0 saturated heterocycles. The number of unbranched alkanes of at least 4 members (excludes halogenated alkanes) is 1. The van der Waals surface area contributed by atoms with Gasteiger partial charge in [0.1, 0.15) is 0 Å². The molecule has 0 saturated carbocycles. The number of thioether (sulfide) groups is 1. The van der Waals surface area contributed by atoms with Crippen molar-refractivity contribution in [1.82, 2.24) is 0 Å². The molecule has 0 spiro atoms. The maximum Gasteiger partial charge on any atom is 0.162 e. The predicted octanol–water partition coefficient (Wildman–Crippen LogP) is 4.78. The highest BCUT2D eigenvalue weighted by molar-refractivity contribution is 7.99. The van der Waals surface area contributed by atoms with E-state index in [4.69, 9.17) is 0 Å². The lowest BCUT2D eigenvalue weighted by Gasteiger charge is -2.10. The second-order valence-electron chi connectivity index (χ2n) is 3.98. The molecular formula is C13H18F2S. The Hall–Kier alpha value is -0.570. The average Bonchev–Trinajstić information content (AvgIpc) is 2.28. The molecular weight excluding hydrogens is 226 g/mol. The van der Waals surface area contributed by atoms with Crippen LogP contribution >= 0.6 is 11.8 Å².